The number of thiophene rings is 1. The Balaban J connectivity index is 1.81. The van der Waals surface area contributed by atoms with Crippen molar-refractivity contribution in [3.63, 3.8) is 0 Å². The summed E-state index contributed by atoms with van der Waals surface area (Å²) >= 11 is 1.54. The van der Waals surface area contributed by atoms with E-state index in [1.807, 2.05) is 26.0 Å². The summed E-state index contributed by atoms with van der Waals surface area (Å²) in [5, 5.41) is 11.4. The van der Waals surface area contributed by atoms with E-state index in [0.717, 1.165) is 9.75 Å². The molecule has 1 heterocycles. The molecule has 1 atom stereocenters. The van der Waals surface area contributed by atoms with Gasteiger partial charge in [0.15, 0.2) is 11.9 Å². The third kappa shape index (κ3) is 5.76. The first-order valence-corrected chi connectivity index (χ1v) is 9.22. The lowest BCUT2D eigenvalue weighted by Crippen LogP contribution is -2.30. The molecule has 0 radical (unpaired) electrons. The van der Waals surface area contributed by atoms with E-state index in [4.69, 9.17) is 10.00 Å². The molecular weight excluding hydrogens is 364 g/mol. The first kappa shape index (κ1) is 20.3. The van der Waals surface area contributed by atoms with E-state index >= 15 is 0 Å². The molecule has 2 aromatic rings. The van der Waals surface area contributed by atoms with Crippen LogP contribution in [0.5, 0.6) is 0 Å². The number of nitrogens with one attached hydrogen (secondary N) is 1. The van der Waals surface area contributed by atoms with Gasteiger partial charge in [0.05, 0.1) is 18.1 Å². The number of carbonyl (C=O) groups excluding carboxylic acids is 3. The van der Waals surface area contributed by atoms with Crippen LogP contribution < -0.4 is 5.32 Å². The summed E-state index contributed by atoms with van der Waals surface area (Å²) in [6.07, 6.45) is -1.03. The van der Waals surface area contributed by atoms with Crippen LogP contribution in [0.4, 0.5) is 5.69 Å². The molecule has 0 saturated carbocycles. The fourth-order valence-corrected chi connectivity index (χ4v) is 3.38. The van der Waals surface area contributed by atoms with Gasteiger partial charge in [0.1, 0.15) is 0 Å². The maximum absolute atomic E-state index is 12.2. The molecule has 27 heavy (non-hydrogen) atoms. The van der Waals surface area contributed by atoms with Crippen LogP contribution in [0.2, 0.25) is 0 Å². The molecule has 0 aliphatic rings. The summed E-state index contributed by atoms with van der Waals surface area (Å²) in [4.78, 5) is 38.2. The van der Waals surface area contributed by atoms with Crippen molar-refractivity contribution in [2.45, 2.75) is 39.7 Å². The normalized spacial score (nSPS) is 11.3. The summed E-state index contributed by atoms with van der Waals surface area (Å²) in [6.45, 7) is 5.26. The van der Waals surface area contributed by atoms with Crippen molar-refractivity contribution in [3.05, 3.63) is 51.2 Å². The average molecular weight is 384 g/mol. The van der Waals surface area contributed by atoms with Crippen LogP contribution in [0.1, 0.15) is 45.4 Å². The molecule has 0 fully saturated rings. The van der Waals surface area contributed by atoms with E-state index in [0.29, 0.717) is 16.8 Å². The Morgan fingerprint density at radius 2 is 1.85 bits per heavy atom. The predicted molar refractivity (Wildman–Crippen MR) is 103 cm³/mol. The third-order valence-corrected chi connectivity index (χ3v) is 4.82. The first-order valence-electron chi connectivity index (χ1n) is 8.41. The quantitative estimate of drug-likeness (QED) is 0.579. The third-order valence-electron chi connectivity index (χ3n) is 3.86. The van der Waals surface area contributed by atoms with Crippen LogP contribution in [0.25, 0.3) is 0 Å². The van der Waals surface area contributed by atoms with Crippen LogP contribution >= 0.6 is 11.3 Å². The highest BCUT2D eigenvalue weighted by Crippen LogP contribution is 2.22. The number of Topliss-reactive ketones (excluding diaryl/α,β-unsaturated/α-hetero) is 1. The number of carbonyl (C=O) groups is 3. The zero-order valence-electron chi connectivity index (χ0n) is 15.4. The minimum absolute atomic E-state index is 0.0415. The molecular formula is C20H20N2O4S. The topological polar surface area (TPSA) is 96.3 Å². The van der Waals surface area contributed by atoms with Crippen molar-refractivity contribution in [2.24, 2.45) is 0 Å². The lowest BCUT2D eigenvalue weighted by atomic mass is 10.1. The molecule has 1 aromatic carbocycles. The Labute approximate surface area is 161 Å². The first-order chi connectivity index (χ1) is 12.8. The van der Waals surface area contributed by atoms with Gasteiger partial charge in [-0.05, 0) is 51.1 Å². The highest BCUT2D eigenvalue weighted by molar-refractivity contribution is 7.12. The predicted octanol–water partition coefficient (Wildman–Crippen LogP) is 3.77. The number of aryl methyl sites for hydroxylation is 2. The van der Waals surface area contributed by atoms with Crippen LogP contribution in [0.15, 0.2) is 30.3 Å². The van der Waals surface area contributed by atoms with E-state index in [-0.39, 0.29) is 18.6 Å². The van der Waals surface area contributed by atoms with Gasteiger partial charge in [-0.3, -0.25) is 14.4 Å². The zero-order valence-corrected chi connectivity index (χ0v) is 16.2. The second kappa shape index (κ2) is 9.10. The van der Waals surface area contributed by atoms with Gasteiger partial charge in [-0.15, -0.1) is 11.3 Å². The van der Waals surface area contributed by atoms with Gasteiger partial charge < -0.3 is 10.1 Å². The Morgan fingerprint density at radius 1 is 1.19 bits per heavy atom. The van der Waals surface area contributed by atoms with E-state index in [2.05, 4.69) is 5.32 Å². The van der Waals surface area contributed by atoms with Crippen molar-refractivity contribution >= 4 is 34.7 Å². The van der Waals surface area contributed by atoms with Gasteiger partial charge in [0.25, 0.3) is 5.91 Å². The van der Waals surface area contributed by atoms with E-state index in [1.165, 1.54) is 6.92 Å². The van der Waals surface area contributed by atoms with Gasteiger partial charge >= 0.3 is 5.97 Å². The SMILES string of the molecule is Cc1cc(C(=O)CCC(=O)O[C@@H](C)C(=O)Nc2ccc(C#N)cc2)c(C)s1. The van der Waals surface area contributed by atoms with Gasteiger partial charge in [-0.1, -0.05) is 0 Å². The minimum Gasteiger partial charge on any atom is -0.453 e. The molecule has 1 aromatic heterocycles. The molecule has 2 rings (SSSR count). The Hall–Kier alpha value is -2.98. The number of ketones is 1. The number of anilines is 1. The lowest BCUT2D eigenvalue weighted by Gasteiger charge is -2.13. The molecule has 0 saturated heterocycles. The molecule has 1 N–H and O–H groups in total. The monoisotopic (exact) mass is 384 g/mol. The highest BCUT2D eigenvalue weighted by atomic mass is 32.1. The zero-order chi connectivity index (χ0) is 20.0. The smallest absolute Gasteiger partial charge is 0.307 e. The van der Waals surface area contributed by atoms with E-state index in [1.54, 1.807) is 35.6 Å². The Bertz CT molecular complexity index is 894. The summed E-state index contributed by atoms with van der Waals surface area (Å²) in [5.41, 5.74) is 1.62. The van der Waals surface area contributed by atoms with Gasteiger partial charge in [-0.2, -0.15) is 5.26 Å². The summed E-state index contributed by atoms with van der Waals surface area (Å²) < 4.78 is 5.10. The Kier molecular flexibility index (Phi) is 6.85. The van der Waals surface area contributed by atoms with Crippen molar-refractivity contribution in [1.82, 2.24) is 0 Å². The molecule has 0 bridgehead atoms. The van der Waals surface area contributed by atoms with Gasteiger partial charge in [0, 0.05) is 27.4 Å². The van der Waals surface area contributed by atoms with Gasteiger partial charge in [0.2, 0.25) is 0 Å². The molecule has 0 aliphatic carbocycles. The number of ether oxygens (including phenoxy) is 1. The fourth-order valence-electron chi connectivity index (χ4n) is 2.44. The van der Waals surface area contributed by atoms with Crippen molar-refractivity contribution < 1.29 is 19.1 Å². The summed E-state index contributed by atoms with van der Waals surface area (Å²) in [7, 11) is 0. The number of hydrogen-bond donors (Lipinski definition) is 1. The van der Waals surface area contributed by atoms with Gasteiger partial charge in [-0.25, -0.2) is 0 Å². The minimum atomic E-state index is -0.992. The molecule has 7 heteroatoms. The maximum Gasteiger partial charge on any atom is 0.307 e. The summed E-state index contributed by atoms with van der Waals surface area (Å²) in [5.74, 6) is -1.19. The number of nitriles is 1. The number of esters is 1. The van der Waals surface area contributed by atoms with Crippen molar-refractivity contribution in [2.75, 3.05) is 5.32 Å². The molecule has 0 spiro atoms. The molecule has 0 unspecified atom stereocenters. The van der Waals surface area contributed by atoms with E-state index in [9.17, 15) is 14.4 Å². The van der Waals surface area contributed by atoms with Crippen LogP contribution in [-0.4, -0.2) is 23.8 Å². The second-order valence-corrected chi connectivity index (χ2v) is 7.52. The summed E-state index contributed by atoms with van der Waals surface area (Å²) in [6, 6.07) is 10.1. The largest absolute Gasteiger partial charge is 0.453 e. The number of hydrogen-bond acceptors (Lipinski definition) is 6. The van der Waals surface area contributed by atoms with Crippen molar-refractivity contribution in [3.8, 4) is 6.07 Å². The second-order valence-electron chi connectivity index (χ2n) is 6.06. The fraction of sp³-hybridized carbons (Fsp3) is 0.300. The average Bonchev–Trinajstić information content (AvgIpc) is 2.98. The molecule has 0 aliphatic heterocycles. The Morgan fingerprint density at radius 3 is 2.41 bits per heavy atom. The standard InChI is InChI=1S/C20H20N2O4S/c1-12-10-17(14(3)27-12)18(23)8-9-19(24)26-13(2)20(25)22-16-6-4-15(11-21)5-7-16/h4-7,10,13H,8-9H2,1-3H3,(H,22,25)/t13-/m0/s1. The van der Waals surface area contributed by atoms with Crippen LogP contribution in [0.3, 0.4) is 0 Å². The van der Waals surface area contributed by atoms with E-state index < -0.39 is 18.0 Å². The number of rotatable bonds is 7. The molecule has 140 valence electrons. The molecule has 6 nitrogen and oxygen atoms in total. The molecule has 1 amide bonds. The number of benzene rings is 1. The van der Waals surface area contributed by atoms with Crippen LogP contribution in [-0.2, 0) is 14.3 Å². The highest BCUT2D eigenvalue weighted by Gasteiger charge is 2.20. The number of nitrogens with zero attached hydrogens (tertiary/aromatic N) is 1. The maximum atomic E-state index is 12.2. The van der Waals surface area contributed by atoms with Crippen molar-refractivity contribution in [1.29, 1.82) is 5.26 Å². The van der Waals surface area contributed by atoms with Crippen LogP contribution in [0, 0.1) is 25.2 Å². The number of amides is 1. The lowest BCUT2D eigenvalue weighted by molar-refractivity contribution is -0.153.